The van der Waals surface area contributed by atoms with Gasteiger partial charge in [0.25, 0.3) is 0 Å². The van der Waals surface area contributed by atoms with Gasteiger partial charge in [-0.1, -0.05) is 12.1 Å². The van der Waals surface area contributed by atoms with Crippen LogP contribution in [-0.2, 0) is 15.3 Å². The van der Waals surface area contributed by atoms with E-state index in [0.29, 0.717) is 12.8 Å². The molecule has 0 bridgehead atoms. The predicted octanol–water partition coefficient (Wildman–Crippen LogP) is 2.23. The van der Waals surface area contributed by atoms with Crippen molar-refractivity contribution in [2.45, 2.75) is 6.16 Å². The van der Waals surface area contributed by atoms with Crippen LogP contribution in [0.25, 0.3) is 0 Å². The quantitative estimate of drug-likeness (QED) is 0.482. The number of anilines is 1. The van der Waals surface area contributed by atoms with E-state index in [4.69, 9.17) is 10.3 Å². The van der Waals surface area contributed by atoms with E-state index in [9.17, 15) is 4.57 Å². The Morgan fingerprint density at radius 2 is 1.82 bits per heavy atom. The predicted molar refractivity (Wildman–Crippen MR) is 71.0 cm³/mol. The molecular formula is C12H21N2O2P+2. The van der Waals surface area contributed by atoms with Crippen LogP contribution in [0.4, 0.5) is 5.69 Å². The van der Waals surface area contributed by atoms with Gasteiger partial charge >= 0.3 is 8.03 Å². The second kappa shape index (κ2) is 6.10. The Labute approximate surface area is 104 Å². The van der Waals surface area contributed by atoms with E-state index in [1.165, 1.54) is 0 Å². The van der Waals surface area contributed by atoms with Gasteiger partial charge in [0.05, 0.1) is 21.1 Å². The summed E-state index contributed by atoms with van der Waals surface area (Å²) in [6.45, 7) is 1.37. The number of quaternary nitrogens is 1. The fraction of sp³-hybridized carbons (Fsp3) is 0.500. The number of hydrogen-bond acceptors (Lipinski definition) is 3. The summed E-state index contributed by atoms with van der Waals surface area (Å²) in [6, 6.07) is 7.38. The number of nitrogen functional groups attached to an aromatic ring is 1. The molecule has 0 aliphatic heterocycles. The topological polar surface area (TPSA) is 52.3 Å². The van der Waals surface area contributed by atoms with E-state index in [0.717, 1.165) is 22.3 Å². The molecule has 0 radical (unpaired) electrons. The third-order valence-corrected chi connectivity index (χ3v) is 3.38. The van der Waals surface area contributed by atoms with Crippen molar-refractivity contribution in [2.75, 3.05) is 40.0 Å². The first-order chi connectivity index (χ1) is 7.87. The molecule has 94 valence electrons. The zero-order valence-electron chi connectivity index (χ0n) is 10.7. The Bertz CT molecular complexity index is 371. The molecule has 1 unspecified atom stereocenters. The molecular weight excluding hydrogens is 235 g/mol. The Morgan fingerprint density at radius 3 is 2.35 bits per heavy atom. The zero-order chi connectivity index (χ0) is 12.9. The maximum Gasteiger partial charge on any atom is 0.513 e. The van der Waals surface area contributed by atoms with Gasteiger partial charge in [-0.15, -0.1) is 4.52 Å². The van der Waals surface area contributed by atoms with Crippen LogP contribution >= 0.6 is 8.03 Å². The minimum Gasteiger partial charge on any atom is -0.399 e. The van der Waals surface area contributed by atoms with Gasteiger partial charge in [-0.2, -0.15) is 0 Å². The Balaban J connectivity index is 2.32. The van der Waals surface area contributed by atoms with E-state index in [2.05, 4.69) is 21.1 Å². The van der Waals surface area contributed by atoms with E-state index in [-0.39, 0.29) is 0 Å². The maximum atomic E-state index is 11.7. The van der Waals surface area contributed by atoms with Crippen molar-refractivity contribution in [3.05, 3.63) is 29.8 Å². The lowest BCUT2D eigenvalue weighted by Crippen LogP contribution is -2.37. The van der Waals surface area contributed by atoms with Crippen LogP contribution in [0.1, 0.15) is 5.56 Å². The summed E-state index contributed by atoms with van der Waals surface area (Å²) < 4.78 is 17.8. The van der Waals surface area contributed by atoms with Crippen LogP contribution in [0.15, 0.2) is 24.3 Å². The largest absolute Gasteiger partial charge is 0.513 e. The molecule has 5 heteroatoms. The fourth-order valence-corrected chi connectivity index (χ4v) is 2.12. The number of likely N-dealkylation sites (N-methyl/N-ethyl adjacent to an activating group) is 1. The minimum atomic E-state index is -1.62. The Kier molecular flexibility index (Phi) is 5.06. The van der Waals surface area contributed by atoms with Gasteiger partial charge in [0.15, 0.2) is 6.61 Å². The number of nitrogens with zero attached hydrogens (tertiary/aromatic N) is 1. The molecule has 1 aromatic carbocycles. The number of benzene rings is 1. The van der Waals surface area contributed by atoms with Crippen LogP contribution in [0.3, 0.4) is 0 Å². The summed E-state index contributed by atoms with van der Waals surface area (Å²) in [5, 5.41) is 0. The highest BCUT2D eigenvalue weighted by Gasteiger charge is 2.20. The number of nitrogens with two attached hydrogens (primary N) is 1. The standard InChI is InChI=1S/C12H21N2O2P/c1-14(2,3)8-9-16-17(15)10-11-4-6-12(13)7-5-11/h4-7H,8-10,13H2,1-3H3/q+2. The summed E-state index contributed by atoms with van der Waals surface area (Å²) in [4.78, 5) is 0. The minimum absolute atomic E-state index is 0.451. The van der Waals surface area contributed by atoms with Gasteiger partial charge in [-0.3, -0.25) is 0 Å². The molecule has 1 atom stereocenters. The van der Waals surface area contributed by atoms with Crippen LogP contribution in [0.5, 0.6) is 0 Å². The van der Waals surface area contributed by atoms with Crippen LogP contribution in [-0.4, -0.2) is 38.8 Å². The van der Waals surface area contributed by atoms with Crippen molar-refractivity contribution in [3.8, 4) is 0 Å². The van der Waals surface area contributed by atoms with Crippen LogP contribution in [0.2, 0.25) is 0 Å². The van der Waals surface area contributed by atoms with Crippen LogP contribution < -0.4 is 5.73 Å². The molecule has 0 heterocycles. The molecule has 2 N–H and O–H groups in total. The molecule has 0 aromatic heterocycles. The molecule has 4 nitrogen and oxygen atoms in total. The van der Waals surface area contributed by atoms with Crippen molar-refractivity contribution in [2.24, 2.45) is 0 Å². The molecule has 0 saturated carbocycles. The summed E-state index contributed by atoms with van der Waals surface area (Å²) in [5.41, 5.74) is 7.29. The Hall–Kier alpha value is -0.960. The number of hydrogen-bond donors (Lipinski definition) is 1. The molecule has 0 saturated heterocycles. The second-order valence-electron chi connectivity index (χ2n) is 5.08. The molecule has 0 amide bonds. The first-order valence-electron chi connectivity index (χ1n) is 5.59. The van der Waals surface area contributed by atoms with E-state index < -0.39 is 8.03 Å². The van der Waals surface area contributed by atoms with Crippen LogP contribution in [0, 0.1) is 0 Å². The maximum absolute atomic E-state index is 11.7. The SMILES string of the molecule is C[N+](C)(C)CCO[P+](=O)Cc1ccc(N)cc1. The molecule has 0 aliphatic carbocycles. The van der Waals surface area contributed by atoms with Crippen molar-refractivity contribution in [3.63, 3.8) is 0 Å². The van der Waals surface area contributed by atoms with Crippen molar-refractivity contribution in [1.29, 1.82) is 0 Å². The molecule has 0 aliphatic rings. The zero-order valence-corrected chi connectivity index (χ0v) is 11.6. The fourth-order valence-electron chi connectivity index (χ4n) is 1.23. The summed E-state index contributed by atoms with van der Waals surface area (Å²) in [5.74, 6) is 0. The normalized spacial score (nSPS) is 12.5. The highest BCUT2D eigenvalue weighted by Crippen LogP contribution is 2.28. The van der Waals surface area contributed by atoms with E-state index in [1.54, 1.807) is 0 Å². The Morgan fingerprint density at radius 1 is 1.24 bits per heavy atom. The molecule has 0 fully saturated rings. The highest BCUT2D eigenvalue weighted by molar-refractivity contribution is 7.38. The van der Waals surface area contributed by atoms with E-state index >= 15 is 0 Å². The van der Waals surface area contributed by atoms with E-state index in [1.807, 2.05) is 24.3 Å². The lowest BCUT2D eigenvalue weighted by atomic mass is 10.2. The van der Waals surface area contributed by atoms with Gasteiger partial charge in [-0.25, -0.2) is 0 Å². The third-order valence-electron chi connectivity index (χ3n) is 2.29. The lowest BCUT2D eigenvalue weighted by Gasteiger charge is -2.21. The summed E-state index contributed by atoms with van der Waals surface area (Å²) in [7, 11) is 4.62. The average Bonchev–Trinajstić information content (AvgIpc) is 2.19. The van der Waals surface area contributed by atoms with Gasteiger partial charge < -0.3 is 10.2 Å². The van der Waals surface area contributed by atoms with Crippen molar-refractivity contribution >= 4 is 13.7 Å². The van der Waals surface area contributed by atoms with Crippen molar-refractivity contribution < 1.29 is 13.6 Å². The van der Waals surface area contributed by atoms with Gasteiger partial charge in [0.1, 0.15) is 6.54 Å². The summed E-state index contributed by atoms with van der Waals surface area (Å²) >= 11 is 0. The first-order valence-corrected chi connectivity index (χ1v) is 6.95. The second-order valence-corrected chi connectivity index (χ2v) is 6.32. The molecule has 0 spiro atoms. The first kappa shape index (κ1) is 14.1. The number of rotatable bonds is 6. The van der Waals surface area contributed by atoms with Gasteiger partial charge in [0.2, 0.25) is 6.16 Å². The summed E-state index contributed by atoms with van der Waals surface area (Å²) in [6.07, 6.45) is 0.451. The monoisotopic (exact) mass is 256 g/mol. The third kappa shape index (κ3) is 6.37. The smallest absolute Gasteiger partial charge is 0.399 e. The highest BCUT2D eigenvalue weighted by atomic mass is 31.1. The molecule has 1 rings (SSSR count). The average molecular weight is 256 g/mol. The molecule has 17 heavy (non-hydrogen) atoms. The lowest BCUT2D eigenvalue weighted by molar-refractivity contribution is -0.870. The van der Waals surface area contributed by atoms with Gasteiger partial charge in [-0.05, 0) is 16.7 Å². The van der Waals surface area contributed by atoms with Crippen molar-refractivity contribution in [1.82, 2.24) is 0 Å². The molecule has 1 aromatic rings. The van der Waals surface area contributed by atoms with Gasteiger partial charge in [0, 0.05) is 11.3 Å².